The summed E-state index contributed by atoms with van der Waals surface area (Å²) in [5.74, 6) is 0.212. The predicted molar refractivity (Wildman–Crippen MR) is 125 cm³/mol. The highest BCUT2D eigenvalue weighted by molar-refractivity contribution is 5.99. The number of carbonyl (C=O) groups excluding carboxylic acids is 2. The Balaban J connectivity index is 1.38. The Kier molecular flexibility index (Phi) is 5.23. The van der Waals surface area contributed by atoms with Crippen molar-refractivity contribution < 1.29 is 9.59 Å². The highest BCUT2D eigenvalue weighted by Crippen LogP contribution is 2.42. The Hall–Kier alpha value is -3.55. The maximum atomic E-state index is 13.3. The summed E-state index contributed by atoms with van der Waals surface area (Å²) < 4.78 is 0. The number of aromatic nitrogens is 4. The molecule has 8 nitrogen and oxygen atoms in total. The van der Waals surface area contributed by atoms with Gasteiger partial charge in [0, 0.05) is 36.8 Å². The third-order valence-corrected chi connectivity index (χ3v) is 6.67. The van der Waals surface area contributed by atoms with Crippen LogP contribution in [0.1, 0.15) is 70.6 Å². The first kappa shape index (κ1) is 21.3. The molecule has 3 N–H and O–H groups in total. The molecule has 2 aliphatic rings. The van der Waals surface area contributed by atoms with Crippen molar-refractivity contribution >= 4 is 17.6 Å². The molecule has 170 valence electrons. The number of amides is 1. The molecule has 0 bridgehead atoms. The van der Waals surface area contributed by atoms with E-state index in [-0.39, 0.29) is 29.5 Å². The fourth-order valence-electron chi connectivity index (χ4n) is 5.01. The van der Waals surface area contributed by atoms with Gasteiger partial charge in [-0.05, 0) is 54.4 Å². The first-order valence-corrected chi connectivity index (χ1v) is 11.5. The third-order valence-electron chi connectivity index (χ3n) is 6.67. The number of H-pyrrole nitrogens is 1. The van der Waals surface area contributed by atoms with Gasteiger partial charge in [0.05, 0.1) is 5.69 Å². The summed E-state index contributed by atoms with van der Waals surface area (Å²) in [6.45, 7) is 5.83. The molecule has 1 saturated heterocycles. The standard InChI is InChI=1S/C25H28N6O2/c1-25(2)13-17-14-27-24(26)28-20(17)22-19(25)21(29-30-22)18(32)12-15-6-8-16(9-7-15)23(33)31-10-4-3-5-11-31/h6-9,14H,3-5,10-13H2,1-2H3,(H,29,30)(H2,26,27,28). The van der Waals surface area contributed by atoms with Gasteiger partial charge in [0.15, 0.2) is 5.78 Å². The second-order valence-corrected chi connectivity index (χ2v) is 9.63. The Labute approximate surface area is 192 Å². The Morgan fingerprint density at radius 1 is 1.09 bits per heavy atom. The van der Waals surface area contributed by atoms with Gasteiger partial charge < -0.3 is 10.6 Å². The number of benzene rings is 1. The smallest absolute Gasteiger partial charge is 0.253 e. The van der Waals surface area contributed by atoms with E-state index in [0.29, 0.717) is 29.1 Å². The number of hydrogen-bond acceptors (Lipinski definition) is 6. The van der Waals surface area contributed by atoms with Crippen molar-refractivity contribution in [2.45, 2.75) is 51.4 Å². The van der Waals surface area contributed by atoms with E-state index in [2.05, 4.69) is 34.0 Å². The summed E-state index contributed by atoms with van der Waals surface area (Å²) in [6, 6.07) is 7.38. The van der Waals surface area contributed by atoms with E-state index in [9.17, 15) is 9.59 Å². The van der Waals surface area contributed by atoms with Crippen LogP contribution in [0.3, 0.4) is 0 Å². The van der Waals surface area contributed by atoms with Crippen LogP contribution >= 0.6 is 0 Å². The number of nitrogen functional groups attached to an aromatic ring is 1. The van der Waals surface area contributed by atoms with Gasteiger partial charge in [-0.3, -0.25) is 14.7 Å². The number of nitrogens with two attached hydrogens (primary N) is 1. The summed E-state index contributed by atoms with van der Waals surface area (Å²) in [4.78, 5) is 36.4. The molecule has 1 aliphatic heterocycles. The number of hydrogen-bond donors (Lipinski definition) is 2. The highest BCUT2D eigenvalue weighted by atomic mass is 16.2. The number of carbonyl (C=O) groups is 2. The van der Waals surface area contributed by atoms with Crippen LogP contribution in [-0.2, 0) is 18.3 Å². The second kappa shape index (κ2) is 8.10. The van der Waals surface area contributed by atoms with Crippen molar-refractivity contribution in [3.05, 3.63) is 58.4 Å². The zero-order valence-electron chi connectivity index (χ0n) is 19.0. The highest BCUT2D eigenvalue weighted by Gasteiger charge is 2.38. The minimum atomic E-state index is -0.301. The van der Waals surface area contributed by atoms with Gasteiger partial charge in [-0.15, -0.1) is 0 Å². The number of nitrogens with zero attached hydrogens (tertiary/aromatic N) is 4. The van der Waals surface area contributed by atoms with E-state index < -0.39 is 0 Å². The van der Waals surface area contributed by atoms with E-state index in [1.807, 2.05) is 29.2 Å². The Bertz CT molecular complexity index is 1220. The van der Waals surface area contributed by atoms with E-state index in [4.69, 9.17) is 5.73 Å². The Morgan fingerprint density at radius 2 is 1.82 bits per heavy atom. The number of nitrogens with one attached hydrogen (secondary N) is 1. The fourth-order valence-corrected chi connectivity index (χ4v) is 5.01. The van der Waals surface area contributed by atoms with Crippen LogP contribution in [0.5, 0.6) is 0 Å². The number of piperidine rings is 1. The number of Topliss-reactive ketones (excluding diaryl/α,β-unsaturated/α-hetero) is 1. The minimum absolute atomic E-state index is 0.0441. The quantitative estimate of drug-likeness (QED) is 0.596. The minimum Gasteiger partial charge on any atom is -0.368 e. The number of anilines is 1. The molecule has 33 heavy (non-hydrogen) atoms. The molecule has 0 unspecified atom stereocenters. The lowest BCUT2D eigenvalue weighted by molar-refractivity contribution is 0.0724. The summed E-state index contributed by atoms with van der Waals surface area (Å²) in [5.41, 5.74) is 10.7. The lowest BCUT2D eigenvalue weighted by Gasteiger charge is -2.30. The van der Waals surface area contributed by atoms with Crippen LogP contribution in [0.4, 0.5) is 5.95 Å². The fraction of sp³-hybridized carbons (Fsp3) is 0.400. The average molecular weight is 445 g/mol. The SMILES string of the molecule is CC1(C)Cc2cnc(N)nc2-c2n[nH]c(C(=O)Cc3ccc(C(=O)N4CCCCC4)cc3)c21. The van der Waals surface area contributed by atoms with Crippen molar-refractivity contribution in [3.63, 3.8) is 0 Å². The van der Waals surface area contributed by atoms with Gasteiger partial charge in [-0.1, -0.05) is 26.0 Å². The third kappa shape index (κ3) is 3.90. The van der Waals surface area contributed by atoms with Crippen LogP contribution in [0.15, 0.2) is 30.5 Å². The van der Waals surface area contributed by atoms with Crippen LogP contribution < -0.4 is 5.73 Å². The molecular weight excluding hydrogens is 416 g/mol. The van der Waals surface area contributed by atoms with E-state index in [1.165, 1.54) is 6.42 Å². The van der Waals surface area contributed by atoms with Crippen molar-refractivity contribution in [2.24, 2.45) is 0 Å². The maximum absolute atomic E-state index is 13.3. The van der Waals surface area contributed by atoms with E-state index in [1.54, 1.807) is 6.20 Å². The van der Waals surface area contributed by atoms with Gasteiger partial charge in [0.2, 0.25) is 5.95 Å². The van der Waals surface area contributed by atoms with E-state index in [0.717, 1.165) is 42.6 Å². The summed E-state index contributed by atoms with van der Waals surface area (Å²) >= 11 is 0. The monoisotopic (exact) mass is 444 g/mol. The molecule has 1 aromatic carbocycles. The van der Waals surface area contributed by atoms with Gasteiger partial charge in [-0.25, -0.2) is 9.97 Å². The molecule has 3 heterocycles. The molecule has 1 aliphatic carbocycles. The zero-order valence-corrected chi connectivity index (χ0v) is 19.0. The lowest BCUT2D eigenvalue weighted by Crippen LogP contribution is -2.35. The number of rotatable bonds is 4. The summed E-state index contributed by atoms with van der Waals surface area (Å²) in [6.07, 6.45) is 5.97. The Morgan fingerprint density at radius 3 is 2.55 bits per heavy atom. The van der Waals surface area contributed by atoms with Crippen LogP contribution in [0, 0.1) is 0 Å². The number of aromatic amines is 1. The number of fused-ring (bicyclic) bond motifs is 3. The van der Waals surface area contributed by atoms with Crippen molar-refractivity contribution in [1.29, 1.82) is 0 Å². The van der Waals surface area contributed by atoms with Crippen LogP contribution in [-0.4, -0.2) is 49.8 Å². The molecule has 0 spiro atoms. The largest absolute Gasteiger partial charge is 0.368 e. The lowest BCUT2D eigenvalue weighted by atomic mass is 9.72. The van der Waals surface area contributed by atoms with Gasteiger partial charge >= 0.3 is 0 Å². The molecule has 0 radical (unpaired) electrons. The van der Waals surface area contributed by atoms with Crippen LogP contribution in [0.25, 0.3) is 11.4 Å². The molecule has 1 fully saturated rings. The first-order valence-electron chi connectivity index (χ1n) is 11.5. The van der Waals surface area contributed by atoms with Crippen molar-refractivity contribution in [1.82, 2.24) is 25.1 Å². The zero-order chi connectivity index (χ0) is 23.2. The number of ketones is 1. The topological polar surface area (TPSA) is 118 Å². The summed E-state index contributed by atoms with van der Waals surface area (Å²) in [7, 11) is 0. The first-order chi connectivity index (χ1) is 15.8. The van der Waals surface area contributed by atoms with Gasteiger partial charge in [-0.2, -0.15) is 5.10 Å². The summed E-state index contributed by atoms with van der Waals surface area (Å²) in [5, 5.41) is 7.41. The number of likely N-dealkylation sites (tertiary alicyclic amines) is 1. The predicted octanol–water partition coefficient (Wildman–Crippen LogP) is 3.33. The van der Waals surface area contributed by atoms with Crippen molar-refractivity contribution in [2.75, 3.05) is 18.8 Å². The van der Waals surface area contributed by atoms with Crippen LogP contribution in [0.2, 0.25) is 0 Å². The van der Waals surface area contributed by atoms with Gasteiger partial charge in [0.1, 0.15) is 11.4 Å². The average Bonchev–Trinajstić information content (AvgIpc) is 3.27. The molecule has 1 amide bonds. The molecular formula is C25H28N6O2. The molecule has 0 atom stereocenters. The van der Waals surface area contributed by atoms with Crippen molar-refractivity contribution in [3.8, 4) is 11.4 Å². The molecule has 5 rings (SSSR count). The maximum Gasteiger partial charge on any atom is 0.253 e. The van der Waals surface area contributed by atoms with Gasteiger partial charge in [0.25, 0.3) is 5.91 Å². The molecule has 8 heteroatoms. The molecule has 3 aromatic rings. The van der Waals surface area contributed by atoms with E-state index >= 15 is 0 Å². The normalized spacial score (nSPS) is 16.7. The molecule has 0 saturated carbocycles. The second-order valence-electron chi connectivity index (χ2n) is 9.63. The molecule has 2 aromatic heterocycles.